The van der Waals surface area contributed by atoms with Gasteiger partial charge in [0, 0.05) is 31.5 Å². The first-order valence-electron chi connectivity index (χ1n) is 10.7. The number of amides is 2. The summed E-state index contributed by atoms with van der Waals surface area (Å²) in [5.74, 6) is -0.110. The molecule has 1 aromatic heterocycles. The molecule has 0 unspecified atom stereocenters. The molecule has 1 aliphatic heterocycles. The lowest BCUT2D eigenvalue weighted by Crippen LogP contribution is -2.37. The van der Waals surface area contributed by atoms with Crippen LogP contribution in [0.5, 0.6) is 0 Å². The summed E-state index contributed by atoms with van der Waals surface area (Å²) in [6, 6.07) is 6.29. The van der Waals surface area contributed by atoms with Crippen LogP contribution in [-0.2, 0) is 16.0 Å². The number of nitrogens with one attached hydrogen (secondary N) is 1. The van der Waals surface area contributed by atoms with Crippen LogP contribution in [0.25, 0.3) is 5.69 Å². The van der Waals surface area contributed by atoms with E-state index in [2.05, 4.69) is 24.3 Å². The van der Waals surface area contributed by atoms with Crippen molar-refractivity contribution in [3.8, 4) is 5.69 Å². The predicted molar refractivity (Wildman–Crippen MR) is 112 cm³/mol. The zero-order chi connectivity index (χ0) is 21.3. The second kappa shape index (κ2) is 8.20. The smallest absolute Gasteiger partial charge is 0.222 e. The van der Waals surface area contributed by atoms with Crippen LogP contribution in [0.2, 0.25) is 0 Å². The van der Waals surface area contributed by atoms with E-state index in [1.807, 2.05) is 11.0 Å². The van der Waals surface area contributed by atoms with E-state index in [1.165, 1.54) is 12.1 Å². The summed E-state index contributed by atoms with van der Waals surface area (Å²) in [7, 11) is 0. The molecule has 6 nitrogen and oxygen atoms in total. The third-order valence-electron chi connectivity index (χ3n) is 6.07. The van der Waals surface area contributed by atoms with Crippen LogP contribution in [-0.4, -0.2) is 39.6 Å². The van der Waals surface area contributed by atoms with Crippen LogP contribution in [0.4, 0.5) is 4.39 Å². The molecule has 2 amide bonds. The van der Waals surface area contributed by atoms with E-state index in [4.69, 9.17) is 0 Å². The molecule has 1 atom stereocenters. The average Bonchev–Trinajstić information content (AvgIpc) is 3.27. The van der Waals surface area contributed by atoms with Crippen LogP contribution in [0.1, 0.15) is 63.3 Å². The van der Waals surface area contributed by atoms with E-state index in [0.717, 1.165) is 37.1 Å². The Balaban J connectivity index is 1.46. The molecule has 1 fully saturated rings. The SMILES string of the molecule is CC1(C)Cc2c(cnn2-c2cccc(F)c2)[C@@H](NC(=O)CCCN2CCCC2=O)C1. The summed E-state index contributed by atoms with van der Waals surface area (Å²) in [5.41, 5.74) is 2.69. The van der Waals surface area contributed by atoms with Gasteiger partial charge in [-0.2, -0.15) is 5.10 Å². The standard InChI is InChI=1S/C23H29FN4O2/c1-23(2)13-19(26-21(29)8-4-10-27-11-5-9-22(27)30)18-15-25-28(20(18)14-23)17-7-3-6-16(24)12-17/h3,6-7,12,15,19H,4-5,8-11,13-14H2,1-2H3,(H,26,29)/t19-/m0/s1. The Morgan fingerprint density at radius 1 is 1.37 bits per heavy atom. The first-order chi connectivity index (χ1) is 14.3. The molecule has 2 aliphatic rings. The fourth-order valence-corrected chi connectivity index (χ4v) is 4.64. The van der Waals surface area contributed by atoms with E-state index in [0.29, 0.717) is 31.5 Å². The van der Waals surface area contributed by atoms with E-state index >= 15 is 0 Å². The number of nitrogens with zero attached hydrogens (tertiary/aromatic N) is 3. The lowest BCUT2D eigenvalue weighted by atomic mass is 9.74. The van der Waals surface area contributed by atoms with Crippen molar-refractivity contribution in [2.45, 2.75) is 58.4 Å². The topological polar surface area (TPSA) is 67.2 Å². The number of hydrogen-bond donors (Lipinski definition) is 1. The van der Waals surface area contributed by atoms with Gasteiger partial charge in [0.1, 0.15) is 5.82 Å². The van der Waals surface area contributed by atoms with Gasteiger partial charge in [0.05, 0.1) is 23.6 Å². The number of benzene rings is 1. The van der Waals surface area contributed by atoms with Crippen LogP contribution in [0, 0.1) is 11.2 Å². The Kier molecular flexibility index (Phi) is 5.62. The van der Waals surface area contributed by atoms with Gasteiger partial charge in [-0.25, -0.2) is 9.07 Å². The normalized spacial score (nSPS) is 20.3. The number of halogens is 1. The summed E-state index contributed by atoms with van der Waals surface area (Å²) in [6.07, 6.45) is 6.04. The Morgan fingerprint density at radius 2 is 2.20 bits per heavy atom. The molecule has 0 radical (unpaired) electrons. The maximum Gasteiger partial charge on any atom is 0.222 e. The monoisotopic (exact) mass is 412 g/mol. The maximum atomic E-state index is 13.7. The van der Waals surface area contributed by atoms with Gasteiger partial charge >= 0.3 is 0 Å². The van der Waals surface area contributed by atoms with Crippen molar-refractivity contribution >= 4 is 11.8 Å². The summed E-state index contributed by atoms with van der Waals surface area (Å²) in [6.45, 7) is 5.80. The molecule has 1 saturated heterocycles. The molecule has 0 saturated carbocycles. The highest BCUT2D eigenvalue weighted by Crippen LogP contribution is 2.41. The minimum atomic E-state index is -0.298. The molecule has 2 heterocycles. The average molecular weight is 413 g/mol. The van der Waals surface area contributed by atoms with E-state index < -0.39 is 0 Å². The third kappa shape index (κ3) is 4.40. The third-order valence-corrected chi connectivity index (χ3v) is 6.07. The highest BCUT2D eigenvalue weighted by molar-refractivity contribution is 5.78. The molecule has 0 bridgehead atoms. The highest BCUT2D eigenvalue weighted by Gasteiger charge is 2.36. The number of rotatable bonds is 6. The van der Waals surface area contributed by atoms with Crippen molar-refractivity contribution in [3.63, 3.8) is 0 Å². The van der Waals surface area contributed by atoms with Crippen LogP contribution in [0.3, 0.4) is 0 Å². The number of likely N-dealkylation sites (tertiary alicyclic amines) is 1. The number of carbonyl (C=O) groups excluding carboxylic acids is 2. The van der Waals surface area contributed by atoms with Gasteiger partial charge in [-0.05, 0) is 49.3 Å². The van der Waals surface area contributed by atoms with Crippen molar-refractivity contribution < 1.29 is 14.0 Å². The lowest BCUT2D eigenvalue weighted by molar-refractivity contribution is -0.128. The van der Waals surface area contributed by atoms with Crippen molar-refractivity contribution in [2.75, 3.05) is 13.1 Å². The van der Waals surface area contributed by atoms with E-state index in [9.17, 15) is 14.0 Å². The van der Waals surface area contributed by atoms with Gasteiger partial charge in [0.15, 0.2) is 0 Å². The molecule has 1 aromatic carbocycles. The molecule has 2 aromatic rings. The molecule has 7 heteroatoms. The lowest BCUT2D eigenvalue weighted by Gasteiger charge is -2.36. The van der Waals surface area contributed by atoms with Gasteiger partial charge in [-0.3, -0.25) is 9.59 Å². The zero-order valence-electron chi connectivity index (χ0n) is 17.7. The van der Waals surface area contributed by atoms with Gasteiger partial charge in [0.25, 0.3) is 0 Å². The Bertz CT molecular complexity index is 952. The molecule has 160 valence electrons. The summed E-state index contributed by atoms with van der Waals surface area (Å²) >= 11 is 0. The van der Waals surface area contributed by atoms with Gasteiger partial charge in [0.2, 0.25) is 11.8 Å². The zero-order valence-corrected chi connectivity index (χ0v) is 17.7. The Hall–Kier alpha value is -2.70. The molecule has 0 spiro atoms. The number of aromatic nitrogens is 2. The molecular formula is C23H29FN4O2. The van der Waals surface area contributed by atoms with Crippen LogP contribution in [0.15, 0.2) is 30.5 Å². The maximum absolute atomic E-state index is 13.7. The van der Waals surface area contributed by atoms with Crippen molar-refractivity contribution in [3.05, 3.63) is 47.5 Å². The highest BCUT2D eigenvalue weighted by atomic mass is 19.1. The Morgan fingerprint density at radius 3 is 2.93 bits per heavy atom. The molecule has 30 heavy (non-hydrogen) atoms. The number of fused-ring (bicyclic) bond motifs is 1. The summed E-state index contributed by atoms with van der Waals surface area (Å²) < 4.78 is 15.5. The molecule has 4 rings (SSSR count). The molecular weight excluding hydrogens is 383 g/mol. The van der Waals surface area contributed by atoms with E-state index in [1.54, 1.807) is 16.9 Å². The number of hydrogen-bond acceptors (Lipinski definition) is 3. The second-order valence-corrected chi connectivity index (χ2v) is 9.19. The quantitative estimate of drug-likeness (QED) is 0.789. The molecule has 1 aliphatic carbocycles. The second-order valence-electron chi connectivity index (χ2n) is 9.19. The van der Waals surface area contributed by atoms with Crippen molar-refractivity contribution in [2.24, 2.45) is 5.41 Å². The van der Waals surface area contributed by atoms with Gasteiger partial charge in [-0.15, -0.1) is 0 Å². The summed E-state index contributed by atoms with van der Waals surface area (Å²) in [5, 5.41) is 7.68. The predicted octanol–water partition coefficient (Wildman–Crippen LogP) is 3.54. The first kappa shape index (κ1) is 20.6. The van der Waals surface area contributed by atoms with Crippen LogP contribution < -0.4 is 5.32 Å². The largest absolute Gasteiger partial charge is 0.349 e. The fraction of sp³-hybridized carbons (Fsp3) is 0.522. The van der Waals surface area contributed by atoms with Crippen molar-refractivity contribution in [1.82, 2.24) is 20.0 Å². The minimum Gasteiger partial charge on any atom is -0.349 e. The minimum absolute atomic E-state index is 0.00574. The van der Waals surface area contributed by atoms with Crippen molar-refractivity contribution in [1.29, 1.82) is 0 Å². The fourth-order valence-electron chi connectivity index (χ4n) is 4.64. The van der Waals surface area contributed by atoms with Gasteiger partial charge < -0.3 is 10.2 Å². The summed E-state index contributed by atoms with van der Waals surface area (Å²) in [4.78, 5) is 26.2. The number of carbonyl (C=O) groups is 2. The van der Waals surface area contributed by atoms with Crippen LogP contribution >= 0.6 is 0 Å². The van der Waals surface area contributed by atoms with E-state index in [-0.39, 0.29) is 29.1 Å². The Labute approximate surface area is 176 Å². The first-order valence-corrected chi connectivity index (χ1v) is 10.7. The molecule has 1 N–H and O–H groups in total. The van der Waals surface area contributed by atoms with Gasteiger partial charge in [-0.1, -0.05) is 19.9 Å².